The first kappa shape index (κ1) is 22.7. The summed E-state index contributed by atoms with van der Waals surface area (Å²) in [6.45, 7) is 3.73. The summed E-state index contributed by atoms with van der Waals surface area (Å²) in [6, 6.07) is 24.8. The molecule has 0 aromatic heterocycles. The van der Waals surface area contributed by atoms with Crippen LogP contribution in [0.15, 0.2) is 72.8 Å². The van der Waals surface area contributed by atoms with Crippen LogP contribution in [0.2, 0.25) is 0 Å². The van der Waals surface area contributed by atoms with E-state index in [4.69, 9.17) is 9.47 Å². The topological polar surface area (TPSA) is 38.7 Å². The molecule has 0 saturated heterocycles. The SMILES string of the molecule is C[C@]12CC[C@@H]3c4c(O)cc(OCc5ccccc5)cc4CC[C@H]3[C@@H]1C[C@@H](OCc1ccccc1)C2. The summed E-state index contributed by atoms with van der Waals surface area (Å²) < 4.78 is 12.5. The van der Waals surface area contributed by atoms with Crippen LogP contribution in [0, 0.1) is 17.3 Å². The normalized spacial score (nSPS) is 29.2. The Morgan fingerprint density at radius 3 is 2.37 bits per heavy atom. The van der Waals surface area contributed by atoms with Crippen molar-refractivity contribution in [3.05, 3.63) is 95.1 Å². The predicted octanol–water partition coefficient (Wildman–Crippen LogP) is 7.41. The molecule has 2 fully saturated rings. The molecule has 0 unspecified atom stereocenters. The maximum Gasteiger partial charge on any atom is 0.123 e. The number of aromatic hydroxyl groups is 1. The second-order valence-corrected chi connectivity index (χ2v) is 11.3. The molecule has 3 aliphatic rings. The average Bonchev–Trinajstić information content (AvgIpc) is 3.24. The number of aryl methyl sites for hydroxylation is 1. The van der Waals surface area contributed by atoms with Gasteiger partial charge in [-0.05, 0) is 84.5 Å². The van der Waals surface area contributed by atoms with Crippen molar-refractivity contribution in [2.24, 2.45) is 17.3 Å². The highest BCUT2D eigenvalue weighted by molar-refractivity contribution is 5.50. The molecule has 3 aliphatic carbocycles. The molecule has 6 rings (SSSR count). The number of phenols is 1. The molecule has 35 heavy (non-hydrogen) atoms. The predicted molar refractivity (Wildman–Crippen MR) is 139 cm³/mol. The van der Waals surface area contributed by atoms with Gasteiger partial charge in [0.25, 0.3) is 0 Å². The van der Waals surface area contributed by atoms with Crippen molar-refractivity contribution in [1.29, 1.82) is 0 Å². The first-order valence-corrected chi connectivity index (χ1v) is 13.3. The number of fused-ring (bicyclic) bond motifs is 5. The van der Waals surface area contributed by atoms with Crippen LogP contribution in [0.1, 0.15) is 67.2 Å². The lowest BCUT2D eigenvalue weighted by Gasteiger charge is -2.49. The molecule has 0 aliphatic heterocycles. The summed E-state index contributed by atoms with van der Waals surface area (Å²) >= 11 is 0. The number of ether oxygens (including phenoxy) is 2. The molecule has 0 amide bonds. The van der Waals surface area contributed by atoms with Crippen LogP contribution in [0.3, 0.4) is 0 Å². The maximum absolute atomic E-state index is 11.1. The number of hydrogen-bond acceptors (Lipinski definition) is 3. The summed E-state index contributed by atoms with van der Waals surface area (Å²) in [5, 5.41) is 11.1. The van der Waals surface area contributed by atoms with E-state index in [9.17, 15) is 5.11 Å². The largest absolute Gasteiger partial charge is 0.508 e. The summed E-state index contributed by atoms with van der Waals surface area (Å²) in [5.41, 5.74) is 5.24. The number of phenolic OH excluding ortho intramolecular Hbond substituents is 1. The van der Waals surface area contributed by atoms with Crippen molar-refractivity contribution < 1.29 is 14.6 Å². The van der Waals surface area contributed by atoms with E-state index in [-0.39, 0.29) is 0 Å². The average molecular weight is 469 g/mol. The Hall–Kier alpha value is -2.78. The Morgan fingerprint density at radius 2 is 1.63 bits per heavy atom. The molecule has 3 aromatic carbocycles. The Balaban J connectivity index is 1.16. The molecule has 0 heterocycles. The van der Waals surface area contributed by atoms with E-state index in [1.54, 1.807) is 0 Å². The van der Waals surface area contributed by atoms with Gasteiger partial charge in [0.05, 0.1) is 12.7 Å². The minimum Gasteiger partial charge on any atom is -0.508 e. The van der Waals surface area contributed by atoms with Gasteiger partial charge in [0, 0.05) is 11.6 Å². The lowest BCUT2D eigenvalue weighted by molar-refractivity contribution is 0.0369. The van der Waals surface area contributed by atoms with Crippen LogP contribution in [-0.2, 0) is 24.4 Å². The molecule has 0 bridgehead atoms. The minimum absolute atomic E-state index is 0.340. The lowest BCUT2D eigenvalue weighted by Crippen LogP contribution is -2.39. The number of rotatable bonds is 6. The number of benzene rings is 3. The zero-order valence-electron chi connectivity index (χ0n) is 20.7. The van der Waals surface area contributed by atoms with Crippen molar-refractivity contribution in [3.8, 4) is 11.5 Å². The van der Waals surface area contributed by atoms with Crippen LogP contribution in [0.5, 0.6) is 11.5 Å². The smallest absolute Gasteiger partial charge is 0.123 e. The Morgan fingerprint density at radius 1 is 0.914 bits per heavy atom. The molecule has 1 N–H and O–H groups in total. The van der Waals surface area contributed by atoms with Crippen LogP contribution >= 0.6 is 0 Å². The molecular formula is C32H36O3. The van der Waals surface area contributed by atoms with Crippen LogP contribution in [-0.4, -0.2) is 11.2 Å². The molecule has 182 valence electrons. The molecule has 3 heteroatoms. The third-order valence-electron chi connectivity index (χ3n) is 9.08. The van der Waals surface area contributed by atoms with Gasteiger partial charge in [0.15, 0.2) is 0 Å². The highest BCUT2D eigenvalue weighted by Crippen LogP contribution is 2.62. The molecule has 3 nitrogen and oxygen atoms in total. The van der Waals surface area contributed by atoms with Gasteiger partial charge in [0.1, 0.15) is 18.1 Å². The van der Waals surface area contributed by atoms with E-state index in [1.165, 1.54) is 36.0 Å². The lowest BCUT2D eigenvalue weighted by atomic mass is 9.56. The van der Waals surface area contributed by atoms with Crippen molar-refractivity contribution in [2.45, 2.75) is 70.7 Å². The van der Waals surface area contributed by atoms with E-state index in [0.717, 1.165) is 30.6 Å². The Bertz CT molecular complexity index is 1160. The third kappa shape index (κ3) is 4.47. The Kier molecular flexibility index (Phi) is 6.06. The van der Waals surface area contributed by atoms with Crippen molar-refractivity contribution in [1.82, 2.24) is 0 Å². The summed E-state index contributed by atoms with van der Waals surface area (Å²) in [7, 11) is 0. The monoisotopic (exact) mass is 468 g/mol. The van der Waals surface area contributed by atoms with Gasteiger partial charge in [-0.3, -0.25) is 0 Å². The highest BCUT2D eigenvalue weighted by Gasteiger charge is 2.53. The van der Waals surface area contributed by atoms with Crippen LogP contribution < -0.4 is 4.74 Å². The molecule has 0 spiro atoms. The van der Waals surface area contributed by atoms with Gasteiger partial charge < -0.3 is 14.6 Å². The molecule has 0 radical (unpaired) electrons. The molecule has 2 saturated carbocycles. The van der Waals surface area contributed by atoms with E-state index < -0.39 is 0 Å². The van der Waals surface area contributed by atoms with Gasteiger partial charge in [-0.1, -0.05) is 67.6 Å². The second kappa shape index (κ2) is 9.35. The molecular weight excluding hydrogens is 432 g/mol. The van der Waals surface area contributed by atoms with E-state index in [1.807, 2.05) is 24.3 Å². The zero-order chi connectivity index (χ0) is 23.8. The van der Waals surface area contributed by atoms with Crippen molar-refractivity contribution >= 4 is 0 Å². The fraction of sp³-hybridized carbons (Fsp3) is 0.438. The van der Waals surface area contributed by atoms with Gasteiger partial charge in [-0.2, -0.15) is 0 Å². The van der Waals surface area contributed by atoms with Crippen LogP contribution in [0.4, 0.5) is 0 Å². The fourth-order valence-corrected chi connectivity index (χ4v) is 7.41. The summed E-state index contributed by atoms with van der Waals surface area (Å²) in [6.07, 6.45) is 7.26. The quantitative estimate of drug-likeness (QED) is 0.409. The van der Waals surface area contributed by atoms with Gasteiger partial charge in [-0.15, -0.1) is 0 Å². The summed E-state index contributed by atoms with van der Waals surface area (Å²) in [4.78, 5) is 0. The van der Waals surface area contributed by atoms with Crippen molar-refractivity contribution in [2.75, 3.05) is 0 Å². The standard InChI is InChI=1S/C32H36O3/c1-32-15-14-28-27(29(32)17-26(19-32)35-21-23-10-6-3-7-11-23)13-12-24-16-25(18-30(33)31(24)28)34-20-22-8-4-2-5-9-22/h2-11,16,18,26-29,33H,12-15,17,19-21H2,1H3/t26-,27-,28+,29+,32-/m1/s1. The second-order valence-electron chi connectivity index (χ2n) is 11.3. The van der Waals surface area contributed by atoms with E-state index in [0.29, 0.717) is 48.2 Å². The third-order valence-corrected chi connectivity index (χ3v) is 9.08. The maximum atomic E-state index is 11.1. The zero-order valence-corrected chi connectivity index (χ0v) is 20.7. The first-order chi connectivity index (χ1) is 17.1. The van der Waals surface area contributed by atoms with Gasteiger partial charge >= 0.3 is 0 Å². The van der Waals surface area contributed by atoms with E-state index in [2.05, 4.69) is 55.5 Å². The van der Waals surface area contributed by atoms with Gasteiger partial charge in [-0.25, -0.2) is 0 Å². The van der Waals surface area contributed by atoms with Gasteiger partial charge in [0.2, 0.25) is 0 Å². The molecule has 3 aromatic rings. The minimum atomic E-state index is 0.340. The van der Waals surface area contributed by atoms with Crippen LogP contribution in [0.25, 0.3) is 0 Å². The molecule has 5 atom stereocenters. The van der Waals surface area contributed by atoms with Crippen molar-refractivity contribution in [3.63, 3.8) is 0 Å². The first-order valence-electron chi connectivity index (χ1n) is 13.3. The van der Waals surface area contributed by atoms with E-state index >= 15 is 0 Å². The number of hydrogen-bond donors (Lipinski definition) is 1. The Labute approximate surface area is 209 Å². The fourth-order valence-electron chi connectivity index (χ4n) is 7.41. The highest BCUT2D eigenvalue weighted by atomic mass is 16.5. The summed E-state index contributed by atoms with van der Waals surface area (Å²) in [5.74, 6) is 2.96.